The fraction of sp³-hybridized carbons (Fsp3) is 0.455. The lowest BCUT2D eigenvalue weighted by Crippen LogP contribution is -2.31. The number of hydrogen-bond donors (Lipinski definition) is 2. The van der Waals surface area contributed by atoms with Gasteiger partial charge in [-0.2, -0.15) is 0 Å². The fourth-order valence-electron chi connectivity index (χ4n) is 1.20. The summed E-state index contributed by atoms with van der Waals surface area (Å²) in [6.45, 7) is 4.18. The van der Waals surface area contributed by atoms with Gasteiger partial charge in [-0.05, 0) is 24.5 Å². The van der Waals surface area contributed by atoms with E-state index < -0.39 is 0 Å². The van der Waals surface area contributed by atoms with Crippen molar-refractivity contribution in [1.29, 1.82) is 0 Å². The van der Waals surface area contributed by atoms with E-state index in [0.29, 0.717) is 0 Å². The van der Waals surface area contributed by atoms with E-state index >= 15 is 0 Å². The third-order valence-corrected chi connectivity index (χ3v) is 2.53. The zero-order chi connectivity index (χ0) is 9.90. The molecule has 2 heteroatoms. The smallest absolute Gasteiger partial charge is 0.0681 e. The molecule has 0 spiro atoms. The molecule has 3 N–H and O–H groups in total. The average molecular weight is 179 g/mol. The second-order valence-electron chi connectivity index (χ2n) is 3.63. The van der Waals surface area contributed by atoms with Crippen LogP contribution in [0.1, 0.15) is 31.4 Å². The molecule has 1 aromatic rings. The largest absolute Gasteiger partial charge is 0.392 e. The lowest BCUT2D eigenvalue weighted by atomic mass is 9.90. The first-order valence-corrected chi connectivity index (χ1v) is 4.59. The molecule has 0 saturated carbocycles. The summed E-state index contributed by atoms with van der Waals surface area (Å²) in [6, 6.07) is 7.79. The summed E-state index contributed by atoms with van der Waals surface area (Å²) >= 11 is 0. The summed E-state index contributed by atoms with van der Waals surface area (Å²) in [5, 5.41) is 8.86. The third-order valence-electron chi connectivity index (χ3n) is 2.53. The van der Waals surface area contributed by atoms with Gasteiger partial charge in [0.15, 0.2) is 0 Å². The molecular formula is C11H17NO. The van der Waals surface area contributed by atoms with Crippen LogP contribution in [-0.2, 0) is 12.1 Å². The van der Waals surface area contributed by atoms with Crippen LogP contribution in [0, 0.1) is 0 Å². The summed E-state index contributed by atoms with van der Waals surface area (Å²) in [5.41, 5.74) is 7.85. The molecule has 1 unspecified atom stereocenters. The van der Waals surface area contributed by atoms with Gasteiger partial charge >= 0.3 is 0 Å². The van der Waals surface area contributed by atoms with E-state index in [1.165, 1.54) is 0 Å². The molecule has 0 heterocycles. The molecule has 72 valence electrons. The van der Waals surface area contributed by atoms with Crippen molar-refractivity contribution < 1.29 is 5.11 Å². The molecular weight excluding hydrogens is 162 g/mol. The first-order chi connectivity index (χ1) is 6.10. The number of nitrogens with two attached hydrogens (primary N) is 1. The minimum atomic E-state index is -0.256. The molecule has 13 heavy (non-hydrogen) atoms. The van der Waals surface area contributed by atoms with Gasteiger partial charge in [-0.25, -0.2) is 0 Å². The van der Waals surface area contributed by atoms with E-state index in [0.717, 1.165) is 17.5 Å². The van der Waals surface area contributed by atoms with Crippen LogP contribution in [0.15, 0.2) is 24.3 Å². The van der Waals surface area contributed by atoms with Gasteiger partial charge in [0.1, 0.15) is 0 Å². The van der Waals surface area contributed by atoms with Crippen molar-refractivity contribution in [2.75, 3.05) is 0 Å². The van der Waals surface area contributed by atoms with E-state index in [9.17, 15) is 0 Å². The highest BCUT2D eigenvalue weighted by Crippen LogP contribution is 2.21. The van der Waals surface area contributed by atoms with E-state index in [1.54, 1.807) is 0 Å². The lowest BCUT2D eigenvalue weighted by Gasteiger charge is -2.23. The van der Waals surface area contributed by atoms with Crippen molar-refractivity contribution in [3.63, 3.8) is 0 Å². The Morgan fingerprint density at radius 3 is 2.23 bits per heavy atom. The zero-order valence-corrected chi connectivity index (χ0v) is 8.25. The topological polar surface area (TPSA) is 46.2 Å². The maximum Gasteiger partial charge on any atom is 0.0681 e. The fourth-order valence-corrected chi connectivity index (χ4v) is 1.20. The first kappa shape index (κ1) is 10.2. The molecule has 0 aliphatic heterocycles. The molecule has 0 bridgehead atoms. The summed E-state index contributed by atoms with van der Waals surface area (Å²) in [6.07, 6.45) is 0.908. The molecule has 0 fully saturated rings. The van der Waals surface area contributed by atoms with Crippen molar-refractivity contribution in [2.45, 2.75) is 32.4 Å². The number of rotatable bonds is 3. The van der Waals surface area contributed by atoms with Gasteiger partial charge in [-0.3, -0.25) is 0 Å². The van der Waals surface area contributed by atoms with E-state index in [4.69, 9.17) is 10.8 Å². The highest BCUT2D eigenvalue weighted by molar-refractivity contribution is 5.27. The van der Waals surface area contributed by atoms with Gasteiger partial charge < -0.3 is 10.8 Å². The predicted molar refractivity (Wildman–Crippen MR) is 54.2 cm³/mol. The summed E-state index contributed by atoms with van der Waals surface area (Å²) in [4.78, 5) is 0. The van der Waals surface area contributed by atoms with Gasteiger partial charge in [0.2, 0.25) is 0 Å². The van der Waals surface area contributed by atoms with Gasteiger partial charge in [0.05, 0.1) is 6.61 Å². The van der Waals surface area contributed by atoms with Crippen LogP contribution >= 0.6 is 0 Å². The average Bonchev–Trinajstić information content (AvgIpc) is 2.18. The summed E-state index contributed by atoms with van der Waals surface area (Å²) in [5.74, 6) is 0. The van der Waals surface area contributed by atoms with Crippen molar-refractivity contribution in [1.82, 2.24) is 0 Å². The Kier molecular flexibility index (Phi) is 3.07. The van der Waals surface area contributed by atoms with Gasteiger partial charge in [0.25, 0.3) is 0 Å². The number of hydrogen-bond acceptors (Lipinski definition) is 2. The number of aliphatic hydroxyl groups excluding tert-OH is 1. The quantitative estimate of drug-likeness (QED) is 0.742. The Bertz CT molecular complexity index is 264. The standard InChI is InChI=1S/C11H17NO/c1-3-11(2,12)10-6-4-9(8-13)5-7-10/h4-7,13H,3,8,12H2,1-2H3. The van der Waals surface area contributed by atoms with Crippen molar-refractivity contribution in [2.24, 2.45) is 5.73 Å². The van der Waals surface area contributed by atoms with E-state index in [1.807, 2.05) is 31.2 Å². The van der Waals surface area contributed by atoms with Crippen molar-refractivity contribution in [3.05, 3.63) is 35.4 Å². The Labute approximate surface area is 79.4 Å². The van der Waals surface area contributed by atoms with Gasteiger partial charge in [-0.15, -0.1) is 0 Å². The van der Waals surface area contributed by atoms with Crippen LogP contribution in [0.4, 0.5) is 0 Å². The molecule has 0 saturated heterocycles. The van der Waals surface area contributed by atoms with Crippen LogP contribution in [0.2, 0.25) is 0 Å². The molecule has 0 radical (unpaired) electrons. The van der Waals surface area contributed by atoms with Crippen LogP contribution < -0.4 is 5.73 Å². The van der Waals surface area contributed by atoms with E-state index in [-0.39, 0.29) is 12.1 Å². The zero-order valence-electron chi connectivity index (χ0n) is 8.25. The Morgan fingerprint density at radius 1 is 1.31 bits per heavy atom. The van der Waals surface area contributed by atoms with Crippen LogP contribution in [0.5, 0.6) is 0 Å². The molecule has 2 nitrogen and oxygen atoms in total. The van der Waals surface area contributed by atoms with Crippen LogP contribution in [0.3, 0.4) is 0 Å². The number of benzene rings is 1. The van der Waals surface area contributed by atoms with Gasteiger partial charge in [0, 0.05) is 5.54 Å². The summed E-state index contributed by atoms with van der Waals surface area (Å²) < 4.78 is 0. The predicted octanol–water partition coefficient (Wildman–Crippen LogP) is 1.76. The second kappa shape index (κ2) is 3.90. The molecule has 1 atom stereocenters. The minimum absolute atomic E-state index is 0.0910. The first-order valence-electron chi connectivity index (χ1n) is 4.59. The normalized spacial score (nSPS) is 15.4. The van der Waals surface area contributed by atoms with Crippen molar-refractivity contribution in [3.8, 4) is 0 Å². The Balaban J connectivity index is 2.92. The Hall–Kier alpha value is -0.860. The van der Waals surface area contributed by atoms with Crippen LogP contribution in [-0.4, -0.2) is 5.11 Å². The monoisotopic (exact) mass is 179 g/mol. The van der Waals surface area contributed by atoms with Crippen LogP contribution in [0.25, 0.3) is 0 Å². The van der Waals surface area contributed by atoms with E-state index in [2.05, 4.69) is 6.92 Å². The highest BCUT2D eigenvalue weighted by atomic mass is 16.3. The molecule has 0 amide bonds. The Morgan fingerprint density at radius 2 is 1.85 bits per heavy atom. The van der Waals surface area contributed by atoms with Gasteiger partial charge in [-0.1, -0.05) is 31.2 Å². The maximum atomic E-state index is 8.86. The molecule has 0 aliphatic rings. The van der Waals surface area contributed by atoms with Crippen molar-refractivity contribution >= 4 is 0 Å². The second-order valence-corrected chi connectivity index (χ2v) is 3.63. The molecule has 1 aromatic carbocycles. The maximum absolute atomic E-state index is 8.86. The lowest BCUT2D eigenvalue weighted by molar-refractivity contribution is 0.281. The molecule has 0 aromatic heterocycles. The summed E-state index contributed by atoms with van der Waals surface area (Å²) in [7, 11) is 0. The highest BCUT2D eigenvalue weighted by Gasteiger charge is 2.17. The third kappa shape index (κ3) is 2.29. The minimum Gasteiger partial charge on any atom is -0.392 e. The number of aliphatic hydroxyl groups is 1. The SMILES string of the molecule is CCC(C)(N)c1ccc(CO)cc1. The molecule has 1 rings (SSSR count). The molecule has 0 aliphatic carbocycles.